The quantitative estimate of drug-likeness (QED) is 0.678. The highest BCUT2D eigenvalue weighted by atomic mass is 35.5. The monoisotopic (exact) mass is 284 g/mol. The third kappa shape index (κ3) is 2.69. The second kappa shape index (κ2) is 5.54. The topological polar surface area (TPSA) is 83.7 Å². The Hall–Kier alpha value is -1.66. The molecule has 7 heteroatoms. The maximum Gasteiger partial charge on any atom is 0.270 e. The molecule has 0 unspecified atom stereocenters. The molecule has 0 aliphatic carbocycles. The van der Waals surface area contributed by atoms with Crippen LogP contribution in [-0.4, -0.2) is 40.0 Å². The first-order chi connectivity index (χ1) is 9.04. The van der Waals surface area contributed by atoms with E-state index in [4.69, 9.17) is 11.6 Å². The predicted octanol–water partition coefficient (Wildman–Crippen LogP) is 1.85. The maximum atomic E-state index is 12.3. The SMILES string of the molecule is O=C(c1ccc([N+](=O)[O-])cc1Cl)N1CCC[C@@H]1CO. The average molecular weight is 285 g/mol. The standard InChI is InChI=1S/C12H13ClN2O4/c13-11-6-8(15(18)19)3-4-10(11)12(17)14-5-1-2-9(14)7-16/h3-4,6,9,16H,1-2,5,7H2/t9-/m1/s1. The second-order valence-electron chi connectivity index (χ2n) is 4.40. The number of nitrogens with zero attached hydrogens (tertiary/aromatic N) is 2. The number of hydrogen-bond acceptors (Lipinski definition) is 4. The summed E-state index contributed by atoms with van der Waals surface area (Å²) in [7, 11) is 0. The van der Waals surface area contributed by atoms with Crippen LogP contribution in [0.2, 0.25) is 5.02 Å². The van der Waals surface area contributed by atoms with E-state index in [1.165, 1.54) is 18.2 Å². The fraction of sp³-hybridized carbons (Fsp3) is 0.417. The fourth-order valence-electron chi connectivity index (χ4n) is 2.24. The summed E-state index contributed by atoms with van der Waals surface area (Å²) in [6.07, 6.45) is 1.59. The van der Waals surface area contributed by atoms with Crippen LogP contribution in [-0.2, 0) is 0 Å². The summed E-state index contributed by atoms with van der Waals surface area (Å²) in [6.45, 7) is 0.480. The molecule has 2 rings (SSSR count). The third-order valence-corrected chi connectivity index (χ3v) is 3.56. The number of carbonyl (C=O) groups excluding carboxylic acids is 1. The van der Waals surface area contributed by atoms with Crippen LogP contribution in [0.4, 0.5) is 5.69 Å². The van der Waals surface area contributed by atoms with Crippen molar-refractivity contribution in [3.8, 4) is 0 Å². The highest BCUT2D eigenvalue weighted by Gasteiger charge is 2.30. The van der Waals surface area contributed by atoms with E-state index in [1.54, 1.807) is 4.90 Å². The highest BCUT2D eigenvalue weighted by Crippen LogP contribution is 2.26. The van der Waals surface area contributed by atoms with Crippen molar-refractivity contribution in [1.29, 1.82) is 0 Å². The number of rotatable bonds is 3. The van der Waals surface area contributed by atoms with Gasteiger partial charge in [0, 0.05) is 18.7 Å². The first kappa shape index (κ1) is 13.8. The van der Waals surface area contributed by atoms with Gasteiger partial charge in [-0.05, 0) is 18.9 Å². The van der Waals surface area contributed by atoms with Gasteiger partial charge in [0.2, 0.25) is 0 Å². The van der Waals surface area contributed by atoms with Gasteiger partial charge < -0.3 is 10.0 Å². The molecule has 6 nitrogen and oxygen atoms in total. The molecule has 1 fully saturated rings. The molecule has 0 spiro atoms. The molecule has 1 atom stereocenters. The Bertz CT molecular complexity index is 520. The van der Waals surface area contributed by atoms with Crippen LogP contribution in [0.5, 0.6) is 0 Å². The zero-order valence-corrected chi connectivity index (χ0v) is 10.8. The normalized spacial score (nSPS) is 18.6. The number of aliphatic hydroxyl groups excluding tert-OH is 1. The number of amides is 1. The fourth-order valence-corrected chi connectivity index (χ4v) is 2.49. The van der Waals surface area contributed by atoms with Gasteiger partial charge in [0.25, 0.3) is 11.6 Å². The molecular weight excluding hydrogens is 272 g/mol. The molecule has 1 aromatic carbocycles. The number of carbonyl (C=O) groups is 1. The van der Waals surface area contributed by atoms with Gasteiger partial charge >= 0.3 is 0 Å². The molecule has 0 radical (unpaired) electrons. The molecule has 102 valence electrons. The van der Waals surface area contributed by atoms with Crippen molar-refractivity contribution in [2.45, 2.75) is 18.9 Å². The number of likely N-dealkylation sites (tertiary alicyclic amines) is 1. The molecule has 1 aliphatic heterocycles. The molecule has 0 saturated carbocycles. The summed E-state index contributed by atoms with van der Waals surface area (Å²) < 4.78 is 0. The molecule has 1 aromatic rings. The molecule has 1 heterocycles. The van der Waals surface area contributed by atoms with E-state index in [-0.39, 0.29) is 34.8 Å². The van der Waals surface area contributed by atoms with Gasteiger partial charge in [-0.15, -0.1) is 0 Å². The largest absolute Gasteiger partial charge is 0.394 e. The van der Waals surface area contributed by atoms with Crippen LogP contribution in [0.25, 0.3) is 0 Å². The number of nitro groups is 1. The number of halogens is 1. The Labute approximate surface area is 114 Å². The van der Waals surface area contributed by atoms with Crippen molar-refractivity contribution >= 4 is 23.2 Å². The van der Waals surface area contributed by atoms with Crippen molar-refractivity contribution in [2.75, 3.05) is 13.2 Å². The number of nitro benzene ring substituents is 1. The minimum Gasteiger partial charge on any atom is -0.394 e. The molecular formula is C12H13ClN2O4. The van der Waals surface area contributed by atoms with Crippen LogP contribution in [0.3, 0.4) is 0 Å². The molecule has 1 saturated heterocycles. The molecule has 0 bridgehead atoms. The maximum absolute atomic E-state index is 12.3. The average Bonchev–Trinajstić information content (AvgIpc) is 2.85. The summed E-state index contributed by atoms with van der Waals surface area (Å²) in [5.41, 5.74) is 0.0781. The van der Waals surface area contributed by atoms with E-state index < -0.39 is 4.92 Å². The molecule has 19 heavy (non-hydrogen) atoms. The number of hydrogen-bond donors (Lipinski definition) is 1. The van der Waals surface area contributed by atoms with E-state index >= 15 is 0 Å². The van der Waals surface area contributed by atoms with Gasteiger partial charge in [0.1, 0.15) is 0 Å². The van der Waals surface area contributed by atoms with Crippen molar-refractivity contribution in [3.63, 3.8) is 0 Å². The first-order valence-corrected chi connectivity index (χ1v) is 6.28. The smallest absolute Gasteiger partial charge is 0.270 e. The zero-order chi connectivity index (χ0) is 14.0. The van der Waals surface area contributed by atoms with Crippen molar-refractivity contribution in [3.05, 3.63) is 38.9 Å². The van der Waals surface area contributed by atoms with Crippen molar-refractivity contribution in [2.24, 2.45) is 0 Å². The minimum atomic E-state index is -0.563. The van der Waals surface area contributed by atoms with Crippen LogP contribution in [0.1, 0.15) is 23.2 Å². The summed E-state index contributed by atoms with van der Waals surface area (Å²) >= 11 is 5.92. The lowest BCUT2D eigenvalue weighted by Gasteiger charge is -2.23. The Kier molecular flexibility index (Phi) is 4.01. The molecule has 1 amide bonds. The van der Waals surface area contributed by atoms with E-state index in [0.29, 0.717) is 6.54 Å². The summed E-state index contributed by atoms with van der Waals surface area (Å²) in [6, 6.07) is 3.58. The second-order valence-corrected chi connectivity index (χ2v) is 4.81. The van der Waals surface area contributed by atoms with Crippen molar-refractivity contribution < 1.29 is 14.8 Å². The predicted molar refractivity (Wildman–Crippen MR) is 69.3 cm³/mol. The van der Waals surface area contributed by atoms with Crippen LogP contribution in [0, 0.1) is 10.1 Å². The van der Waals surface area contributed by atoms with Crippen LogP contribution in [0.15, 0.2) is 18.2 Å². The number of aliphatic hydroxyl groups is 1. The first-order valence-electron chi connectivity index (χ1n) is 5.90. The van der Waals surface area contributed by atoms with Gasteiger partial charge in [0.05, 0.1) is 28.2 Å². The summed E-state index contributed by atoms with van der Waals surface area (Å²) in [4.78, 5) is 23.9. The number of non-ortho nitro benzene ring substituents is 1. The molecule has 1 N–H and O–H groups in total. The summed E-state index contributed by atoms with van der Waals surface area (Å²) in [5, 5.41) is 19.9. The van der Waals surface area contributed by atoms with Gasteiger partial charge in [-0.2, -0.15) is 0 Å². The highest BCUT2D eigenvalue weighted by molar-refractivity contribution is 6.34. The third-order valence-electron chi connectivity index (χ3n) is 3.24. The van der Waals surface area contributed by atoms with Crippen molar-refractivity contribution in [1.82, 2.24) is 4.90 Å². The van der Waals surface area contributed by atoms with Gasteiger partial charge in [0.15, 0.2) is 0 Å². The zero-order valence-electron chi connectivity index (χ0n) is 10.1. The number of benzene rings is 1. The Morgan fingerprint density at radius 2 is 2.32 bits per heavy atom. The lowest BCUT2D eigenvalue weighted by atomic mass is 10.1. The van der Waals surface area contributed by atoms with Crippen LogP contribution < -0.4 is 0 Å². The minimum absolute atomic E-state index is 0.0581. The van der Waals surface area contributed by atoms with E-state index in [0.717, 1.165) is 12.8 Å². The molecule has 0 aromatic heterocycles. The van der Waals surface area contributed by atoms with Crippen LogP contribution >= 0.6 is 11.6 Å². The Balaban J connectivity index is 2.26. The summed E-state index contributed by atoms with van der Waals surface area (Å²) in [5.74, 6) is -0.295. The van der Waals surface area contributed by atoms with Gasteiger partial charge in [-0.25, -0.2) is 0 Å². The molecule has 1 aliphatic rings. The Morgan fingerprint density at radius 3 is 2.89 bits per heavy atom. The van der Waals surface area contributed by atoms with E-state index in [9.17, 15) is 20.0 Å². The van der Waals surface area contributed by atoms with Gasteiger partial charge in [-0.1, -0.05) is 11.6 Å². The van der Waals surface area contributed by atoms with Gasteiger partial charge in [-0.3, -0.25) is 14.9 Å². The lowest BCUT2D eigenvalue weighted by Crippen LogP contribution is -2.37. The van der Waals surface area contributed by atoms with E-state index in [1.807, 2.05) is 0 Å². The Morgan fingerprint density at radius 1 is 1.58 bits per heavy atom. The lowest BCUT2D eigenvalue weighted by molar-refractivity contribution is -0.384. The van der Waals surface area contributed by atoms with E-state index in [2.05, 4.69) is 0 Å².